The van der Waals surface area contributed by atoms with Crippen LogP contribution in [0.5, 0.6) is 0 Å². The number of aryl methyl sites for hydroxylation is 1. The van der Waals surface area contributed by atoms with E-state index in [9.17, 15) is 0 Å². The van der Waals surface area contributed by atoms with Gasteiger partial charge in [0.15, 0.2) is 0 Å². The Bertz CT molecular complexity index is 2570. The molecule has 49 heavy (non-hydrogen) atoms. The lowest BCUT2D eigenvalue weighted by Crippen LogP contribution is -2.09. The zero-order chi connectivity index (χ0) is 32.7. The van der Waals surface area contributed by atoms with Crippen molar-refractivity contribution >= 4 is 60.9 Å². The summed E-state index contributed by atoms with van der Waals surface area (Å²) in [5.74, 6) is 0. The van der Waals surface area contributed by atoms with Crippen LogP contribution in [0.15, 0.2) is 167 Å². The molecule has 0 aliphatic carbocycles. The molecule has 0 unspecified atom stereocenters. The number of unbranched alkanes of at least 4 members (excludes halogenated alkanes) is 1. The highest BCUT2D eigenvalue weighted by molar-refractivity contribution is 6.10. The van der Waals surface area contributed by atoms with E-state index >= 15 is 0 Å². The van der Waals surface area contributed by atoms with Gasteiger partial charge in [0.2, 0.25) is 0 Å². The Morgan fingerprint density at radius 3 is 1.86 bits per heavy atom. The SMILES string of the molecule is CCCCc1ccc2oc3c(-c4ccc(N(c5ccccc5)c5ccc(-c6ccc7oc8ccccc8c7c6)cc5)cc4)cccc3c2c1. The second-order valence-electron chi connectivity index (χ2n) is 12.8. The lowest BCUT2D eigenvalue weighted by atomic mass is 10.0. The Kier molecular flexibility index (Phi) is 7.24. The van der Waals surface area contributed by atoms with Gasteiger partial charge in [-0.2, -0.15) is 0 Å². The van der Waals surface area contributed by atoms with Crippen LogP contribution >= 0.6 is 0 Å². The molecule has 236 valence electrons. The van der Waals surface area contributed by atoms with E-state index in [2.05, 4.69) is 157 Å². The standard InChI is InChI=1S/C46H35NO2/c1-2-3-10-31-17-27-45-41(29-31)40-15-9-14-38(46(40)49-45)33-20-25-37(26-21-33)47(35-11-5-4-6-12-35)36-23-18-32(19-24-36)34-22-28-44-42(30-34)39-13-7-8-16-43(39)48-44/h4-9,11-30H,2-3,10H2,1H3. The smallest absolute Gasteiger partial charge is 0.143 e. The molecule has 0 saturated heterocycles. The number of nitrogens with zero attached hydrogens (tertiary/aromatic N) is 1. The van der Waals surface area contributed by atoms with Gasteiger partial charge in [0.05, 0.1) is 0 Å². The van der Waals surface area contributed by atoms with Crippen LogP contribution in [0.4, 0.5) is 17.1 Å². The second-order valence-corrected chi connectivity index (χ2v) is 12.8. The molecule has 0 bridgehead atoms. The van der Waals surface area contributed by atoms with Crippen LogP contribution in [0, 0.1) is 0 Å². The Morgan fingerprint density at radius 2 is 1.06 bits per heavy atom. The van der Waals surface area contributed by atoms with Gasteiger partial charge in [-0.25, -0.2) is 0 Å². The van der Waals surface area contributed by atoms with Crippen molar-refractivity contribution in [2.75, 3.05) is 4.90 Å². The molecule has 0 fully saturated rings. The molecule has 9 aromatic rings. The Morgan fingerprint density at radius 1 is 0.449 bits per heavy atom. The Balaban J connectivity index is 1.06. The minimum atomic E-state index is 0.911. The van der Waals surface area contributed by atoms with Gasteiger partial charge >= 0.3 is 0 Å². The predicted octanol–water partition coefficient (Wildman–Crippen LogP) is 13.6. The lowest BCUT2D eigenvalue weighted by molar-refractivity contribution is 0.669. The molecule has 9 rings (SSSR count). The van der Waals surface area contributed by atoms with Crippen molar-refractivity contribution in [2.24, 2.45) is 0 Å². The molecular formula is C46H35NO2. The topological polar surface area (TPSA) is 29.5 Å². The van der Waals surface area contributed by atoms with Gasteiger partial charge in [-0.05, 0) is 102 Å². The van der Waals surface area contributed by atoms with E-state index in [4.69, 9.17) is 8.83 Å². The van der Waals surface area contributed by atoms with E-state index < -0.39 is 0 Å². The van der Waals surface area contributed by atoms with Gasteiger partial charge in [-0.1, -0.05) is 104 Å². The maximum atomic E-state index is 6.49. The third-order valence-corrected chi connectivity index (χ3v) is 9.67. The number of hydrogen-bond donors (Lipinski definition) is 0. The summed E-state index contributed by atoms with van der Waals surface area (Å²) in [4.78, 5) is 2.31. The summed E-state index contributed by atoms with van der Waals surface area (Å²) < 4.78 is 12.6. The fourth-order valence-electron chi connectivity index (χ4n) is 7.13. The highest BCUT2D eigenvalue weighted by Crippen LogP contribution is 2.40. The van der Waals surface area contributed by atoms with Crippen molar-refractivity contribution in [1.82, 2.24) is 0 Å². The average Bonchev–Trinajstić information content (AvgIpc) is 3.73. The Labute approximate surface area is 285 Å². The average molecular weight is 634 g/mol. The maximum Gasteiger partial charge on any atom is 0.143 e. The normalized spacial score (nSPS) is 11.6. The van der Waals surface area contributed by atoms with E-state index in [1.807, 2.05) is 12.1 Å². The molecule has 3 heteroatoms. The van der Waals surface area contributed by atoms with Crippen LogP contribution < -0.4 is 4.90 Å². The second kappa shape index (κ2) is 12.2. The molecule has 0 aliphatic heterocycles. The lowest BCUT2D eigenvalue weighted by Gasteiger charge is -2.26. The van der Waals surface area contributed by atoms with Crippen molar-refractivity contribution < 1.29 is 8.83 Å². The van der Waals surface area contributed by atoms with E-state index in [0.717, 1.165) is 78.8 Å². The van der Waals surface area contributed by atoms with Gasteiger partial charge in [0.1, 0.15) is 22.3 Å². The quantitative estimate of drug-likeness (QED) is 0.167. The van der Waals surface area contributed by atoms with Crippen LogP contribution in [-0.4, -0.2) is 0 Å². The molecule has 2 heterocycles. The zero-order valence-corrected chi connectivity index (χ0v) is 27.4. The number of furan rings is 2. The summed E-state index contributed by atoms with van der Waals surface area (Å²) >= 11 is 0. The molecule has 0 N–H and O–H groups in total. The third kappa shape index (κ3) is 5.25. The first kappa shape index (κ1) is 29.1. The van der Waals surface area contributed by atoms with Gasteiger partial charge < -0.3 is 13.7 Å². The molecule has 3 nitrogen and oxygen atoms in total. The summed E-state index contributed by atoms with van der Waals surface area (Å²) in [5, 5.41) is 4.64. The molecule has 0 saturated carbocycles. The van der Waals surface area contributed by atoms with Gasteiger partial charge in [-0.15, -0.1) is 0 Å². The first-order chi connectivity index (χ1) is 24.2. The Hall–Kier alpha value is -6.06. The summed E-state index contributed by atoms with van der Waals surface area (Å²) in [7, 11) is 0. The molecule has 0 radical (unpaired) electrons. The number of para-hydroxylation sites is 3. The first-order valence-electron chi connectivity index (χ1n) is 17.1. The van der Waals surface area contributed by atoms with Crippen LogP contribution in [-0.2, 0) is 6.42 Å². The molecule has 0 atom stereocenters. The summed E-state index contributed by atoms with van der Waals surface area (Å²) in [5.41, 5.74) is 12.9. The van der Waals surface area contributed by atoms with Gasteiger partial charge in [0, 0.05) is 44.2 Å². The fourth-order valence-corrected chi connectivity index (χ4v) is 7.13. The van der Waals surface area contributed by atoms with Crippen molar-refractivity contribution in [2.45, 2.75) is 26.2 Å². The molecule has 2 aromatic heterocycles. The van der Waals surface area contributed by atoms with Crippen LogP contribution in [0.3, 0.4) is 0 Å². The van der Waals surface area contributed by atoms with E-state index in [0.29, 0.717) is 0 Å². The number of rotatable bonds is 8. The molecule has 0 spiro atoms. The van der Waals surface area contributed by atoms with Gasteiger partial charge in [0.25, 0.3) is 0 Å². The fraction of sp³-hybridized carbons (Fsp3) is 0.0870. The van der Waals surface area contributed by atoms with Crippen molar-refractivity contribution in [3.63, 3.8) is 0 Å². The van der Waals surface area contributed by atoms with Crippen LogP contribution in [0.2, 0.25) is 0 Å². The number of fused-ring (bicyclic) bond motifs is 6. The summed E-state index contributed by atoms with van der Waals surface area (Å²) in [6, 6.07) is 56.0. The van der Waals surface area contributed by atoms with Crippen molar-refractivity contribution in [3.05, 3.63) is 163 Å². The largest absolute Gasteiger partial charge is 0.456 e. The minimum Gasteiger partial charge on any atom is -0.456 e. The first-order valence-corrected chi connectivity index (χ1v) is 17.1. The van der Waals surface area contributed by atoms with E-state index in [1.165, 1.54) is 29.2 Å². The predicted molar refractivity (Wildman–Crippen MR) is 205 cm³/mol. The summed E-state index contributed by atoms with van der Waals surface area (Å²) in [6.07, 6.45) is 3.49. The number of hydrogen-bond acceptors (Lipinski definition) is 3. The van der Waals surface area contributed by atoms with Crippen molar-refractivity contribution in [3.8, 4) is 22.3 Å². The summed E-state index contributed by atoms with van der Waals surface area (Å²) in [6.45, 7) is 2.24. The maximum absolute atomic E-state index is 6.49. The minimum absolute atomic E-state index is 0.911. The van der Waals surface area contributed by atoms with Crippen molar-refractivity contribution in [1.29, 1.82) is 0 Å². The molecule has 0 amide bonds. The highest BCUT2D eigenvalue weighted by atomic mass is 16.3. The zero-order valence-electron chi connectivity index (χ0n) is 27.4. The van der Waals surface area contributed by atoms with Crippen LogP contribution in [0.25, 0.3) is 66.1 Å². The molecular weight excluding hydrogens is 599 g/mol. The van der Waals surface area contributed by atoms with Gasteiger partial charge in [-0.3, -0.25) is 0 Å². The van der Waals surface area contributed by atoms with Crippen LogP contribution in [0.1, 0.15) is 25.3 Å². The molecule has 0 aliphatic rings. The van der Waals surface area contributed by atoms with E-state index in [1.54, 1.807) is 0 Å². The third-order valence-electron chi connectivity index (χ3n) is 9.67. The monoisotopic (exact) mass is 633 g/mol. The number of anilines is 3. The highest BCUT2D eigenvalue weighted by Gasteiger charge is 2.16. The number of benzene rings is 7. The van der Waals surface area contributed by atoms with E-state index in [-0.39, 0.29) is 0 Å². The molecule has 7 aromatic carbocycles.